The number of hydrogen-bond donors (Lipinski definition) is 0. The lowest BCUT2D eigenvalue weighted by molar-refractivity contribution is -0.188. The molecule has 6 fully saturated rings. The van der Waals surface area contributed by atoms with Crippen molar-refractivity contribution in [2.45, 2.75) is 163 Å². The van der Waals surface area contributed by atoms with Crippen LogP contribution in [-0.2, 0) is 19.1 Å². The van der Waals surface area contributed by atoms with Crippen LogP contribution in [0.3, 0.4) is 0 Å². The van der Waals surface area contributed by atoms with E-state index in [1.807, 2.05) is 41.5 Å². The minimum atomic E-state index is -0.484. The number of carbonyl (C=O) groups is 2. The highest BCUT2D eigenvalue weighted by Crippen LogP contribution is 2.67. The molecule has 0 aromatic rings. The fourth-order valence-corrected chi connectivity index (χ4v) is 11.4. The molecular weight excluding hydrogens is 560 g/mol. The second-order valence-corrected chi connectivity index (χ2v) is 19.0. The molecule has 0 radical (unpaired) electrons. The highest BCUT2D eigenvalue weighted by molar-refractivity contribution is 5.76. The summed E-state index contributed by atoms with van der Waals surface area (Å²) >= 11 is 0. The maximum atomic E-state index is 13.5. The van der Waals surface area contributed by atoms with Gasteiger partial charge in [-0.25, -0.2) is 0 Å². The number of esters is 2. The first-order chi connectivity index (χ1) is 21.1. The van der Waals surface area contributed by atoms with Crippen molar-refractivity contribution in [3.63, 3.8) is 0 Å². The smallest absolute Gasteiger partial charge is 0.311 e. The quantitative estimate of drug-likeness (QED) is 0.296. The zero-order chi connectivity index (χ0) is 32.4. The van der Waals surface area contributed by atoms with E-state index in [2.05, 4.69) is 23.6 Å². The van der Waals surface area contributed by atoms with E-state index < -0.39 is 10.8 Å². The van der Waals surface area contributed by atoms with Crippen LogP contribution in [0.25, 0.3) is 0 Å². The van der Waals surface area contributed by atoms with Gasteiger partial charge in [0, 0.05) is 17.5 Å². The molecule has 6 aliphatic rings. The van der Waals surface area contributed by atoms with Gasteiger partial charge in [0.25, 0.3) is 0 Å². The maximum Gasteiger partial charge on any atom is 0.311 e. The van der Waals surface area contributed by atoms with Gasteiger partial charge in [-0.1, -0.05) is 26.7 Å². The molecular formula is C39H66N2O4. The number of fused-ring (bicyclic) bond motifs is 5. The summed E-state index contributed by atoms with van der Waals surface area (Å²) in [6.45, 7) is 21.7. The predicted molar refractivity (Wildman–Crippen MR) is 180 cm³/mol. The topological polar surface area (TPSA) is 59.1 Å². The zero-order valence-electron chi connectivity index (χ0n) is 30.2. The Morgan fingerprint density at radius 1 is 0.644 bits per heavy atom. The van der Waals surface area contributed by atoms with E-state index in [1.165, 1.54) is 64.2 Å². The van der Waals surface area contributed by atoms with Crippen LogP contribution in [-0.4, -0.2) is 72.2 Å². The van der Waals surface area contributed by atoms with Gasteiger partial charge in [-0.05, 0) is 167 Å². The van der Waals surface area contributed by atoms with Crippen LogP contribution in [0.4, 0.5) is 0 Å². The lowest BCUT2D eigenvalue weighted by Crippen LogP contribution is -2.61. The number of hydrogen-bond acceptors (Lipinski definition) is 6. The van der Waals surface area contributed by atoms with Gasteiger partial charge in [-0.3, -0.25) is 19.4 Å². The lowest BCUT2D eigenvalue weighted by Gasteiger charge is -2.62. The van der Waals surface area contributed by atoms with Crippen molar-refractivity contribution < 1.29 is 19.1 Å². The fraction of sp³-hybridized carbons (Fsp3) is 0.949. The van der Waals surface area contributed by atoms with Crippen LogP contribution in [0.1, 0.15) is 139 Å². The van der Waals surface area contributed by atoms with E-state index in [-0.39, 0.29) is 35.0 Å². The third-order valence-electron chi connectivity index (χ3n) is 14.0. The largest absolute Gasteiger partial charge is 0.460 e. The summed E-state index contributed by atoms with van der Waals surface area (Å²) in [5, 5.41) is 0. The number of nitrogens with zero attached hydrogens (tertiary/aromatic N) is 2. The van der Waals surface area contributed by atoms with Crippen molar-refractivity contribution in [2.24, 2.45) is 45.3 Å². The standard InChI is InChI=1S/C39H66N2O4/c1-36(2,3)34(42)44-32-23-26-15-16-27-28(39(26,8)25-31(32)41-21-13-10-14-22-41)17-18-38(7)29(27)24-30(40-19-11-9-12-20-40)33(38)45-35(43)37(4,5)6/h26-33H,9-25H2,1-8H3/t26?,27-,28+,29+,30?,31?,32?,33?,38+,39+/m1/s1. The number of piperidine rings is 2. The molecule has 0 aromatic carbocycles. The number of rotatable bonds is 4. The summed E-state index contributed by atoms with van der Waals surface area (Å²) in [6.07, 6.45) is 16.0. The van der Waals surface area contributed by atoms with Crippen LogP contribution < -0.4 is 0 Å². The Labute approximate surface area is 275 Å². The van der Waals surface area contributed by atoms with Crippen LogP contribution in [0, 0.1) is 45.3 Å². The van der Waals surface area contributed by atoms with Gasteiger partial charge in [-0.15, -0.1) is 0 Å². The van der Waals surface area contributed by atoms with Gasteiger partial charge in [0.15, 0.2) is 0 Å². The van der Waals surface area contributed by atoms with E-state index in [0.717, 1.165) is 45.4 Å². The molecule has 256 valence electrons. The average molecular weight is 627 g/mol. The summed E-state index contributed by atoms with van der Waals surface area (Å²) in [5.74, 6) is 2.53. The Morgan fingerprint density at radius 3 is 1.78 bits per heavy atom. The van der Waals surface area contributed by atoms with Crippen molar-refractivity contribution in [1.82, 2.24) is 9.80 Å². The molecule has 6 heteroatoms. The molecule has 0 aromatic heterocycles. The van der Waals surface area contributed by atoms with Crippen molar-refractivity contribution in [1.29, 1.82) is 0 Å². The predicted octanol–water partition coefficient (Wildman–Crippen LogP) is 7.87. The van der Waals surface area contributed by atoms with Crippen molar-refractivity contribution in [3.8, 4) is 0 Å². The molecule has 0 N–H and O–H groups in total. The van der Waals surface area contributed by atoms with Gasteiger partial charge >= 0.3 is 11.9 Å². The molecule has 2 aliphatic heterocycles. The van der Waals surface area contributed by atoms with Gasteiger partial charge in [0.05, 0.1) is 10.8 Å². The molecule has 10 atom stereocenters. The molecule has 0 spiro atoms. The maximum absolute atomic E-state index is 13.5. The Hall–Kier alpha value is -1.14. The molecule has 5 unspecified atom stereocenters. The van der Waals surface area contributed by atoms with Crippen molar-refractivity contribution >= 4 is 11.9 Å². The molecule has 6 nitrogen and oxygen atoms in total. The van der Waals surface area contributed by atoms with Crippen LogP contribution in [0.5, 0.6) is 0 Å². The van der Waals surface area contributed by atoms with E-state index in [9.17, 15) is 9.59 Å². The average Bonchev–Trinajstić information content (AvgIpc) is 3.29. The number of carbonyl (C=O) groups excluding carboxylic acids is 2. The molecule has 6 rings (SSSR count). The van der Waals surface area contributed by atoms with E-state index in [4.69, 9.17) is 9.47 Å². The molecule has 2 saturated heterocycles. The van der Waals surface area contributed by atoms with E-state index >= 15 is 0 Å². The zero-order valence-corrected chi connectivity index (χ0v) is 30.2. The van der Waals surface area contributed by atoms with Gasteiger partial charge < -0.3 is 9.47 Å². The molecule has 45 heavy (non-hydrogen) atoms. The second-order valence-electron chi connectivity index (χ2n) is 19.0. The highest BCUT2D eigenvalue weighted by atomic mass is 16.6. The number of ether oxygens (including phenoxy) is 2. The van der Waals surface area contributed by atoms with Crippen LogP contribution >= 0.6 is 0 Å². The second kappa shape index (κ2) is 12.4. The van der Waals surface area contributed by atoms with Gasteiger partial charge in [0.1, 0.15) is 12.2 Å². The summed E-state index contributed by atoms with van der Waals surface area (Å²) in [5.41, 5.74) is -0.655. The minimum Gasteiger partial charge on any atom is -0.460 e. The van der Waals surface area contributed by atoms with Crippen LogP contribution in [0.15, 0.2) is 0 Å². The minimum absolute atomic E-state index is 0.00699. The molecule has 0 amide bonds. The monoisotopic (exact) mass is 627 g/mol. The fourth-order valence-electron chi connectivity index (χ4n) is 11.4. The lowest BCUT2D eigenvalue weighted by atomic mass is 9.44. The third kappa shape index (κ3) is 6.27. The van der Waals surface area contributed by atoms with Crippen molar-refractivity contribution in [3.05, 3.63) is 0 Å². The first-order valence-corrected chi connectivity index (χ1v) is 19.0. The Bertz CT molecular complexity index is 1080. The number of likely N-dealkylation sites (tertiary alicyclic amines) is 2. The summed E-state index contributed by atoms with van der Waals surface area (Å²) in [4.78, 5) is 32.1. The summed E-state index contributed by atoms with van der Waals surface area (Å²) in [6, 6.07) is 0.680. The Kier molecular flexibility index (Phi) is 9.29. The Morgan fingerprint density at radius 2 is 1.20 bits per heavy atom. The van der Waals surface area contributed by atoms with E-state index in [1.54, 1.807) is 0 Å². The summed E-state index contributed by atoms with van der Waals surface area (Å²) < 4.78 is 13.1. The highest BCUT2D eigenvalue weighted by Gasteiger charge is 2.65. The Balaban J connectivity index is 1.28. The first kappa shape index (κ1) is 33.7. The molecule has 0 bridgehead atoms. The van der Waals surface area contributed by atoms with Gasteiger partial charge in [0.2, 0.25) is 0 Å². The molecule has 4 saturated carbocycles. The normalized spacial score (nSPS) is 43.1. The summed E-state index contributed by atoms with van der Waals surface area (Å²) in [7, 11) is 0. The van der Waals surface area contributed by atoms with Crippen molar-refractivity contribution in [2.75, 3.05) is 26.2 Å². The molecule has 2 heterocycles. The first-order valence-electron chi connectivity index (χ1n) is 19.0. The SMILES string of the molecule is CC(C)(C)C(=O)OC1CC2CC[C@@H]3[C@H](CC[C@]4(C)C(OC(=O)C(C)(C)C)C(N5CCCCC5)C[C@@H]34)[C@@]2(C)CC1N1CCCCC1. The molecule has 4 aliphatic carbocycles. The van der Waals surface area contributed by atoms with Crippen LogP contribution in [0.2, 0.25) is 0 Å². The van der Waals surface area contributed by atoms with E-state index in [0.29, 0.717) is 35.8 Å². The third-order valence-corrected chi connectivity index (χ3v) is 14.0. The van der Waals surface area contributed by atoms with Gasteiger partial charge in [-0.2, -0.15) is 0 Å².